The minimum atomic E-state index is -4.43. The summed E-state index contributed by atoms with van der Waals surface area (Å²) in [5.74, 6) is -0.463. The Labute approximate surface area is 127 Å². The standard InChI is InChI=1S/C14H20F3N3O2/c1-13(2,7-18)8-20(3)12(21)10-4-5-11(19-6-10)22-9-14(15,16)17/h4-6H,7-9,18H2,1-3H3. The minimum Gasteiger partial charge on any atom is -0.468 e. The number of nitrogens with zero attached hydrogens (tertiary/aromatic N) is 2. The summed E-state index contributed by atoms with van der Waals surface area (Å²) in [5.41, 5.74) is 5.67. The van der Waals surface area contributed by atoms with E-state index in [0.717, 1.165) is 0 Å². The number of pyridine rings is 1. The molecule has 1 heterocycles. The van der Waals surface area contributed by atoms with E-state index in [0.29, 0.717) is 13.1 Å². The van der Waals surface area contributed by atoms with Crippen LogP contribution in [-0.4, -0.2) is 48.7 Å². The van der Waals surface area contributed by atoms with E-state index in [1.807, 2.05) is 13.8 Å². The van der Waals surface area contributed by atoms with E-state index in [9.17, 15) is 18.0 Å². The molecule has 0 aliphatic heterocycles. The van der Waals surface area contributed by atoms with Crippen molar-refractivity contribution in [2.75, 3.05) is 26.7 Å². The maximum atomic E-state index is 12.2. The summed E-state index contributed by atoms with van der Waals surface area (Å²) in [6.45, 7) is 3.33. The minimum absolute atomic E-state index is 0.182. The lowest BCUT2D eigenvalue weighted by atomic mass is 9.93. The molecule has 0 atom stereocenters. The summed E-state index contributed by atoms with van der Waals surface area (Å²) in [6, 6.07) is 2.62. The highest BCUT2D eigenvalue weighted by molar-refractivity contribution is 5.93. The molecule has 1 aromatic heterocycles. The van der Waals surface area contributed by atoms with Crippen LogP contribution in [0.4, 0.5) is 13.2 Å². The Morgan fingerprint density at radius 1 is 1.36 bits per heavy atom. The smallest absolute Gasteiger partial charge is 0.422 e. The Kier molecular flexibility index (Phi) is 5.76. The van der Waals surface area contributed by atoms with Gasteiger partial charge in [0.2, 0.25) is 5.88 Å². The van der Waals surface area contributed by atoms with Crippen molar-refractivity contribution >= 4 is 5.91 Å². The topological polar surface area (TPSA) is 68.5 Å². The SMILES string of the molecule is CN(CC(C)(C)CN)C(=O)c1ccc(OCC(F)(F)F)nc1. The van der Waals surface area contributed by atoms with Crippen molar-refractivity contribution in [2.24, 2.45) is 11.1 Å². The van der Waals surface area contributed by atoms with Crippen LogP contribution in [0.15, 0.2) is 18.3 Å². The van der Waals surface area contributed by atoms with Crippen molar-refractivity contribution in [3.8, 4) is 5.88 Å². The largest absolute Gasteiger partial charge is 0.468 e. The van der Waals surface area contributed by atoms with Crippen LogP contribution in [0.1, 0.15) is 24.2 Å². The highest BCUT2D eigenvalue weighted by atomic mass is 19.4. The van der Waals surface area contributed by atoms with E-state index < -0.39 is 12.8 Å². The fraction of sp³-hybridized carbons (Fsp3) is 0.571. The summed E-state index contributed by atoms with van der Waals surface area (Å²) >= 11 is 0. The monoisotopic (exact) mass is 319 g/mol. The Morgan fingerprint density at radius 3 is 2.45 bits per heavy atom. The third kappa shape index (κ3) is 5.88. The molecule has 2 N–H and O–H groups in total. The molecule has 0 aliphatic rings. The lowest BCUT2D eigenvalue weighted by Gasteiger charge is -2.29. The molecule has 0 aliphatic carbocycles. The van der Waals surface area contributed by atoms with E-state index in [4.69, 9.17) is 5.73 Å². The average molecular weight is 319 g/mol. The van der Waals surface area contributed by atoms with E-state index >= 15 is 0 Å². The lowest BCUT2D eigenvalue weighted by molar-refractivity contribution is -0.154. The van der Waals surface area contributed by atoms with Gasteiger partial charge in [0, 0.05) is 25.9 Å². The Hall–Kier alpha value is -1.83. The van der Waals surface area contributed by atoms with Crippen LogP contribution in [0.25, 0.3) is 0 Å². The Balaban J connectivity index is 2.67. The zero-order chi connectivity index (χ0) is 17.0. The maximum Gasteiger partial charge on any atom is 0.422 e. The van der Waals surface area contributed by atoms with Gasteiger partial charge in [-0.2, -0.15) is 13.2 Å². The van der Waals surface area contributed by atoms with Crippen LogP contribution in [0, 0.1) is 5.41 Å². The third-order valence-electron chi connectivity index (χ3n) is 2.93. The van der Waals surface area contributed by atoms with Crippen molar-refractivity contribution in [3.05, 3.63) is 23.9 Å². The average Bonchev–Trinajstić information content (AvgIpc) is 2.43. The van der Waals surface area contributed by atoms with Crippen molar-refractivity contribution in [1.82, 2.24) is 9.88 Å². The van der Waals surface area contributed by atoms with Crippen molar-refractivity contribution in [2.45, 2.75) is 20.0 Å². The van der Waals surface area contributed by atoms with Crippen molar-refractivity contribution < 1.29 is 22.7 Å². The van der Waals surface area contributed by atoms with E-state index in [1.54, 1.807) is 7.05 Å². The fourth-order valence-electron chi connectivity index (χ4n) is 1.75. The predicted molar refractivity (Wildman–Crippen MR) is 75.6 cm³/mol. The van der Waals surface area contributed by atoms with Crippen LogP contribution < -0.4 is 10.5 Å². The molecule has 1 rings (SSSR count). The van der Waals surface area contributed by atoms with E-state index in [1.165, 1.54) is 23.2 Å². The number of ether oxygens (including phenoxy) is 1. The summed E-state index contributed by atoms with van der Waals surface area (Å²) in [6.07, 6.45) is -3.23. The number of halogens is 3. The molecular formula is C14H20F3N3O2. The number of hydrogen-bond acceptors (Lipinski definition) is 4. The molecule has 0 aromatic carbocycles. The van der Waals surface area contributed by atoms with Gasteiger partial charge in [-0.3, -0.25) is 4.79 Å². The summed E-state index contributed by atoms with van der Waals surface area (Å²) < 4.78 is 40.6. The number of alkyl halides is 3. The first-order valence-corrected chi connectivity index (χ1v) is 6.65. The molecule has 0 bridgehead atoms. The van der Waals surface area contributed by atoms with Crippen LogP contribution >= 0.6 is 0 Å². The lowest BCUT2D eigenvalue weighted by Crippen LogP contribution is -2.39. The Bertz CT molecular complexity index is 501. The number of nitrogens with two attached hydrogens (primary N) is 1. The van der Waals surface area contributed by atoms with Gasteiger partial charge in [0.25, 0.3) is 5.91 Å². The molecule has 0 saturated heterocycles. The summed E-state index contributed by atoms with van der Waals surface area (Å²) in [5, 5.41) is 0. The molecule has 0 fully saturated rings. The molecule has 124 valence electrons. The van der Waals surface area contributed by atoms with Crippen LogP contribution in [0.3, 0.4) is 0 Å². The van der Waals surface area contributed by atoms with Gasteiger partial charge in [0.1, 0.15) is 0 Å². The molecule has 0 unspecified atom stereocenters. The van der Waals surface area contributed by atoms with Gasteiger partial charge in [0.05, 0.1) is 5.56 Å². The van der Waals surface area contributed by atoms with E-state index in [2.05, 4.69) is 9.72 Å². The van der Waals surface area contributed by atoms with Crippen LogP contribution in [0.2, 0.25) is 0 Å². The molecule has 5 nitrogen and oxygen atoms in total. The van der Waals surface area contributed by atoms with Gasteiger partial charge in [-0.15, -0.1) is 0 Å². The number of carbonyl (C=O) groups is 1. The maximum absolute atomic E-state index is 12.2. The summed E-state index contributed by atoms with van der Waals surface area (Å²) in [7, 11) is 1.63. The number of aromatic nitrogens is 1. The second kappa shape index (κ2) is 6.95. The quantitative estimate of drug-likeness (QED) is 0.871. The highest BCUT2D eigenvalue weighted by Gasteiger charge is 2.28. The first-order valence-electron chi connectivity index (χ1n) is 6.65. The predicted octanol–water partition coefficient (Wildman–Crippen LogP) is 2.08. The third-order valence-corrected chi connectivity index (χ3v) is 2.93. The van der Waals surface area contributed by atoms with Gasteiger partial charge in [-0.05, 0) is 18.0 Å². The molecule has 0 radical (unpaired) electrons. The molecule has 0 spiro atoms. The van der Waals surface area contributed by atoms with Gasteiger partial charge < -0.3 is 15.4 Å². The number of hydrogen-bond donors (Lipinski definition) is 1. The zero-order valence-electron chi connectivity index (χ0n) is 12.8. The number of amides is 1. The fourth-order valence-corrected chi connectivity index (χ4v) is 1.75. The normalized spacial score (nSPS) is 12.1. The van der Waals surface area contributed by atoms with E-state index in [-0.39, 0.29) is 22.8 Å². The molecule has 22 heavy (non-hydrogen) atoms. The van der Waals surface area contributed by atoms with Gasteiger partial charge >= 0.3 is 6.18 Å². The molecule has 1 aromatic rings. The molecule has 1 amide bonds. The van der Waals surface area contributed by atoms with Crippen LogP contribution in [-0.2, 0) is 0 Å². The van der Waals surface area contributed by atoms with Gasteiger partial charge in [-0.25, -0.2) is 4.98 Å². The zero-order valence-corrected chi connectivity index (χ0v) is 12.8. The number of rotatable bonds is 6. The number of carbonyl (C=O) groups excluding carboxylic acids is 1. The van der Waals surface area contributed by atoms with Gasteiger partial charge in [-0.1, -0.05) is 13.8 Å². The first-order chi connectivity index (χ1) is 10.0. The van der Waals surface area contributed by atoms with Gasteiger partial charge in [0.15, 0.2) is 6.61 Å². The summed E-state index contributed by atoms with van der Waals surface area (Å²) in [4.78, 5) is 17.4. The first kappa shape index (κ1) is 18.2. The Morgan fingerprint density at radius 2 is 2.00 bits per heavy atom. The second-order valence-electron chi connectivity index (χ2n) is 5.82. The highest BCUT2D eigenvalue weighted by Crippen LogP contribution is 2.18. The second-order valence-corrected chi connectivity index (χ2v) is 5.82. The molecular weight excluding hydrogens is 299 g/mol. The van der Waals surface area contributed by atoms with Crippen molar-refractivity contribution in [3.63, 3.8) is 0 Å². The van der Waals surface area contributed by atoms with Crippen molar-refractivity contribution in [1.29, 1.82) is 0 Å². The molecule has 0 saturated carbocycles. The molecule has 8 heteroatoms. The van der Waals surface area contributed by atoms with Crippen LogP contribution in [0.5, 0.6) is 5.88 Å².